The zero-order valence-electron chi connectivity index (χ0n) is 19.0. The fourth-order valence-electron chi connectivity index (χ4n) is 4.20. The number of hydrogen-bond donors (Lipinski definition) is 1. The number of H-pyrrole nitrogens is 1. The van der Waals surface area contributed by atoms with Crippen molar-refractivity contribution in [3.8, 4) is 22.6 Å². The highest BCUT2D eigenvalue weighted by atomic mass is 28.4. The molecule has 0 aliphatic rings. The standard InChI is InChI=1S/C25H27N5OSi/c1-25(2,31-32(3,4)5)18-12-13-26-21(14-18)17-10-11-23-27-22(16-30(23)15-17)24-19-8-6-7-9-20(19)28-29-24/h6-16H,1-5H3,(H,28,29). The van der Waals surface area contributed by atoms with Gasteiger partial charge in [0.1, 0.15) is 17.0 Å². The third-order valence-electron chi connectivity index (χ3n) is 5.48. The molecule has 4 heterocycles. The predicted octanol–water partition coefficient (Wildman–Crippen LogP) is 6.03. The number of rotatable bonds is 5. The normalized spacial score (nSPS) is 12.7. The minimum atomic E-state index is -1.69. The number of pyridine rings is 2. The Bertz CT molecular complexity index is 1430. The van der Waals surface area contributed by atoms with Crippen molar-refractivity contribution in [3.05, 3.63) is 72.7 Å². The molecule has 7 heteroatoms. The number of para-hydroxylation sites is 1. The van der Waals surface area contributed by atoms with Crippen molar-refractivity contribution >= 4 is 24.9 Å². The molecule has 0 bridgehead atoms. The van der Waals surface area contributed by atoms with Crippen LogP contribution in [-0.4, -0.2) is 32.9 Å². The van der Waals surface area contributed by atoms with E-state index in [4.69, 9.17) is 9.41 Å². The first-order valence-corrected chi connectivity index (χ1v) is 14.2. The quantitative estimate of drug-likeness (QED) is 0.338. The van der Waals surface area contributed by atoms with E-state index in [-0.39, 0.29) is 5.60 Å². The predicted molar refractivity (Wildman–Crippen MR) is 131 cm³/mol. The Hall–Kier alpha value is -3.29. The lowest BCUT2D eigenvalue weighted by atomic mass is 9.98. The Kier molecular flexibility index (Phi) is 4.76. The SMILES string of the molecule is CC(C)(O[Si](C)(C)C)c1ccnc(-c2ccc3nc(-c4n[nH]c5ccccc45)cn3c2)c1. The molecule has 0 saturated heterocycles. The molecule has 0 aliphatic carbocycles. The molecule has 0 unspecified atom stereocenters. The van der Waals surface area contributed by atoms with Gasteiger partial charge in [-0.1, -0.05) is 18.2 Å². The van der Waals surface area contributed by atoms with Gasteiger partial charge in [0.2, 0.25) is 0 Å². The molecule has 4 aromatic heterocycles. The molecule has 0 fully saturated rings. The number of aromatic nitrogens is 5. The van der Waals surface area contributed by atoms with Crippen LogP contribution in [0.3, 0.4) is 0 Å². The largest absolute Gasteiger partial charge is 0.409 e. The highest BCUT2D eigenvalue weighted by molar-refractivity contribution is 6.69. The minimum Gasteiger partial charge on any atom is -0.409 e. The van der Waals surface area contributed by atoms with Crippen LogP contribution in [0.1, 0.15) is 19.4 Å². The van der Waals surface area contributed by atoms with Crippen molar-refractivity contribution in [2.24, 2.45) is 0 Å². The summed E-state index contributed by atoms with van der Waals surface area (Å²) in [4.78, 5) is 9.41. The molecule has 162 valence electrons. The van der Waals surface area contributed by atoms with E-state index in [9.17, 15) is 0 Å². The van der Waals surface area contributed by atoms with Gasteiger partial charge in [0.05, 0.1) is 16.8 Å². The lowest BCUT2D eigenvalue weighted by Crippen LogP contribution is -2.36. The third kappa shape index (κ3) is 3.85. The fraction of sp³-hybridized carbons (Fsp3) is 0.240. The summed E-state index contributed by atoms with van der Waals surface area (Å²) in [5.41, 5.74) is 6.27. The van der Waals surface area contributed by atoms with E-state index in [2.05, 4.69) is 73.1 Å². The third-order valence-corrected chi connectivity index (χ3v) is 6.60. The second-order valence-electron chi connectivity index (χ2n) is 9.58. The Morgan fingerprint density at radius 3 is 2.59 bits per heavy atom. The van der Waals surface area contributed by atoms with Crippen molar-refractivity contribution in [1.29, 1.82) is 0 Å². The van der Waals surface area contributed by atoms with Crippen LogP contribution in [0.15, 0.2) is 67.1 Å². The minimum absolute atomic E-state index is 0.366. The summed E-state index contributed by atoms with van der Waals surface area (Å²) < 4.78 is 8.47. The van der Waals surface area contributed by atoms with Crippen LogP contribution >= 0.6 is 0 Å². The van der Waals surface area contributed by atoms with Crippen LogP contribution in [0, 0.1) is 0 Å². The monoisotopic (exact) mass is 441 g/mol. The Morgan fingerprint density at radius 2 is 1.78 bits per heavy atom. The maximum atomic E-state index is 6.44. The highest BCUT2D eigenvalue weighted by Crippen LogP contribution is 2.31. The van der Waals surface area contributed by atoms with Gasteiger partial charge in [-0.3, -0.25) is 10.1 Å². The van der Waals surface area contributed by atoms with Crippen LogP contribution in [-0.2, 0) is 10.0 Å². The first-order valence-electron chi connectivity index (χ1n) is 10.8. The van der Waals surface area contributed by atoms with Gasteiger partial charge in [-0.15, -0.1) is 0 Å². The number of imidazole rings is 1. The first-order chi connectivity index (χ1) is 15.2. The Labute approximate surface area is 188 Å². The molecule has 0 radical (unpaired) electrons. The fourth-order valence-corrected chi connectivity index (χ4v) is 5.85. The van der Waals surface area contributed by atoms with Crippen molar-refractivity contribution in [2.45, 2.75) is 39.1 Å². The topological polar surface area (TPSA) is 68.1 Å². The maximum absolute atomic E-state index is 6.44. The maximum Gasteiger partial charge on any atom is 0.184 e. The molecular formula is C25H27N5OSi. The van der Waals surface area contributed by atoms with Crippen LogP contribution in [0.5, 0.6) is 0 Å². The second kappa shape index (κ2) is 7.39. The molecule has 0 amide bonds. The molecule has 6 nitrogen and oxygen atoms in total. The van der Waals surface area contributed by atoms with E-state index in [1.54, 1.807) is 0 Å². The molecule has 5 aromatic rings. The molecule has 5 rings (SSSR count). The molecule has 0 saturated carbocycles. The van der Waals surface area contributed by atoms with E-state index in [1.165, 1.54) is 0 Å². The van der Waals surface area contributed by atoms with Gasteiger partial charge >= 0.3 is 0 Å². The van der Waals surface area contributed by atoms with Crippen molar-refractivity contribution in [2.75, 3.05) is 0 Å². The van der Waals surface area contributed by atoms with E-state index < -0.39 is 8.32 Å². The Balaban J connectivity index is 1.52. The van der Waals surface area contributed by atoms with Crippen molar-refractivity contribution in [3.63, 3.8) is 0 Å². The van der Waals surface area contributed by atoms with Gasteiger partial charge in [-0.2, -0.15) is 5.10 Å². The molecular weight excluding hydrogens is 414 g/mol. The Morgan fingerprint density at radius 1 is 0.969 bits per heavy atom. The number of nitrogens with one attached hydrogen (secondary N) is 1. The summed E-state index contributed by atoms with van der Waals surface area (Å²) in [6.45, 7) is 10.9. The summed E-state index contributed by atoms with van der Waals surface area (Å²) >= 11 is 0. The van der Waals surface area contributed by atoms with Gasteiger partial charge in [0, 0.05) is 29.5 Å². The van der Waals surface area contributed by atoms with Gasteiger partial charge < -0.3 is 8.83 Å². The summed E-state index contributed by atoms with van der Waals surface area (Å²) in [6.07, 6.45) is 5.95. The van der Waals surface area contributed by atoms with E-state index in [0.717, 1.165) is 44.8 Å². The van der Waals surface area contributed by atoms with E-state index >= 15 is 0 Å². The van der Waals surface area contributed by atoms with Crippen LogP contribution < -0.4 is 0 Å². The molecule has 1 aromatic carbocycles. The highest BCUT2D eigenvalue weighted by Gasteiger charge is 2.29. The van der Waals surface area contributed by atoms with E-state index in [0.29, 0.717) is 0 Å². The molecule has 32 heavy (non-hydrogen) atoms. The summed E-state index contributed by atoms with van der Waals surface area (Å²) in [5, 5.41) is 8.64. The van der Waals surface area contributed by atoms with Crippen LogP contribution in [0.25, 0.3) is 39.2 Å². The number of nitrogens with zero attached hydrogens (tertiary/aromatic N) is 4. The lowest BCUT2D eigenvalue weighted by Gasteiger charge is -2.33. The van der Waals surface area contributed by atoms with Crippen molar-refractivity contribution < 1.29 is 4.43 Å². The molecule has 1 N–H and O–H groups in total. The van der Waals surface area contributed by atoms with Gasteiger partial charge in [0.25, 0.3) is 0 Å². The zero-order valence-corrected chi connectivity index (χ0v) is 20.0. The van der Waals surface area contributed by atoms with E-state index in [1.807, 2.05) is 47.1 Å². The van der Waals surface area contributed by atoms with Crippen LogP contribution in [0.4, 0.5) is 0 Å². The number of fused-ring (bicyclic) bond motifs is 2. The van der Waals surface area contributed by atoms with Gasteiger partial charge in [-0.05, 0) is 69.4 Å². The van der Waals surface area contributed by atoms with Gasteiger partial charge in [-0.25, -0.2) is 4.98 Å². The average molecular weight is 442 g/mol. The number of benzene rings is 1. The van der Waals surface area contributed by atoms with Gasteiger partial charge in [0.15, 0.2) is 8.32 Å². The second-order valence-corrected chi connectivity index (χ2v) is 14.0. The van der Waals surface area contributed by atoms with Crippen LogP contribution in [0.2, 0.25) is 19.6 Å². The molecule has 0 aliphatic heterocycles. The number of hydrogen-bond acceptors (Lipinski definition) is 4. The smallest absolute Gasteiger partial charge is 0.184 e. The summed E-state index contributed by atoms with van der Waals surface area (Å²) in [7, 11) is -1.69. The summed E-state index contributed by atoms with van der Waals surface area (Å²) in [6, 6.07) is 16.3. The summed E-state index contributed by atoms with van der Waals surface area (Å²) in [5.74, 6) is 0. The zero-order chi connectivity index (χ0) is 22.5. The molecule has 0 atom stereocenters. The first kappa shape index (κ1) is 20.6. The number of aromatic amines is 1. The lowest BCUT2D eigenvalue weighted by molar-refractivity contribution is 0.1000. The average Bonchev–Trinajstić information content (AvgIpc) is 3.35. The van der Waals surface area contributed by atoms with Crippen molar-refractivity contribution in [1.82, 2.24) is 24.6 Å². The molecule has 0 spiro atoms.